The molecular weight excluding hydrogens is 407 g/mol. The molecule has 1 aliphatic heterocycles. The van der Waals surface area contributed by atoms with Gasteiger partial charge in [0.2, 0.25) is 17.7 Å². The van der Waals surface area contributed by atoms with Gasteiger partial charge in [0.05, 0.1) is 12.1 Å². The summed E-state index contributed by atoms with van der Waals surface area (Å²) in [5, 5.41) is 4.61. The van der Waals surface area contributed by atoms with Gasteiger partial charge in [-0.2, -0.15) is 13.2 Å². The minimum Gasteiger partial charge on any atom is -0.423 e. The van der Waals surface area contributed by atoms with Crippen molar-refractivity contribution in [1.29, 1.82) is 0 Å². The van der Waals surface area contributed by atoms with Crippen LogP contribution in [0.5, 0.6) is 0 Å². The monoisotopic (exact) mass is 425 g/mol. The Balaban J connectivity index is 1.80. The smallest absolute Gasteiger partial charge is 0.417 e. The summed E-state index contributed by atoms with van der Waals surface area (Å²) >= 11 is 0. The van der Waals surface area contributed by atoms with E-state index in [4.69, 9.17) is 4.42 Å². The van der Waals surface area contributed by atoms with E-state index >= 15 is 0 Å². The summed E-state index contributed by atoms with van der Waals surface area (Å²) < 4.78 is 44.2. The molecule has 0 unspecified atom stereocenters. The number of carbonyl (C=O) groups excluding carboxylic acids is 3. The summed E-state index contributed by atoms with van der Waals surface area (Å²) in [5.41, 5.74) is -2.49. The number of rotatable bonds is 4. The van der Waals surface area contributed by atoms with Crippen molar-refractivity contribution in [3.8, 4) is 0 Å². The normalized spacial score (nSPS) is 16.5. The molecule has 1 saturated heterocycles. The molecular formula is C19H18F3N3O5. The zero-order valence-corrected chi connectivity index (χ0v) is 15.8. The van der Waals surface area contributed by atoms with E-state index in [1.54, 1.807) is 0 Å². The van der Waals surface area contributed by atoms with Crippen molar-refractivity contribution < 1.29 is 32.0 Å². The van der Waals surface area contributed by atoms with Crippen molar-refractivity contribution in [3.63, 3.8) is 0 Å². The van der Waals surface area contributed by atoms with Gasteiger partial charge in [-0.3, -0.25) is 14.4 Å². The van der Waals surface area contributed by atoms with Gasteiger partial charge in [-0.05, 0) is 25.0 Å². The van der Waals surface area contributed by atoms with Crippen LogP contribution in [-0.4, -0.2) is 41.8 Å². The van der Waals surface area contributed by atoms with Crippen LogP contribution in [0, 0.1) is 0 Å². The molecule has 2 N–H and O–H groups in total. The summed E-state index contributed by atoms with van der Waals surface area (Å²) in [4.78, 5) is 48.7. The lowest BCUT2D eigenvalue weighted by molar-refractivity contribution is -0.136. The zero-order chi connectivity index (χ0) is 22.1. The summed E-state index contributed by atoms with van der Waals surface area (Å²) in [6.45, 7) is 1.38. The van der Waals surface area contributed by atoms with E-state index in [1.165, 1.54) is 17.9 Å². The van der Waals surface area contributed by atoms with Gasteiger partial charge in [-0.15, -0.1) is 0 Å². The SMILES string of the molecule is CC(=O)NCC(=O)N1CCC[C@H]1C(=O)Nc1ccc2c(C(F)(F)F)cc(=O)oc2c1. The second kappa shape index (κ2) is 8.17. The molecule has 1 aliphatic rings. The highest BCUT2D eigenvalue weighted by atomic mass is 19.4. The van der Waals surface area contributed by atoms with Gasteiger partial charge >= 0.3 is 11.8 Å². The molecule has 3 rings (SSSR count). The number of fused-ring (bicyclic) bond motifs is 1. The fourth-order valence-electron chi connectivity index (χ4n) is 3.34. The molecule has 2 aromatic rings. The first kappa shape index (κ1) is 21.3. The topological polar surface area (TPSA) is 109 Å². The van der Waals surface area contributed by atoms with Gasteiger partial charge < -0.3 is 20.0 Å². The third-order valence-electron chi connectivity index (χ3n) is 4.68. The average Bonchev–Trinajstić information content (AvgIpc) is 3.14. The molecule has 30 heavy (non-hydrogen) atoms. The molecule has 2 heterocycles. The first-order valence-electron chi connectivity index (χ1n) is 9.06. The molecule has 8 nitrogen and oxygen atoms in total. The van der Waals surface area contributed by atoms with Gasteiger partial charge in [0.1, 0.15) is 11.6 Å². The predicted octanol–water partition coefficient (Wildman–Crippen LogP) is 1.88. The van der Waals surface area contributed by atoms with Crippen LogP contribution in [0.15, 0.2) is 33.5 Å². The molecule has 0 radical (unpaired) electrons. The third-order valence-corrected chi connectivity index (χ3v) is 4.68. The first-order valence-corrected chi connectivity index (χ1v) is 9.06. The minimum absolute atomic E-state index is 0.121. The number of amides is 3. The van der Waals surface area contributed by atoms with Gasteiger partial charge in [0.25, 0.3) is 0 Å². The van der Waals surface area contributed by atoms with Crippen LogP contribution < -0.4 is 16.3 Å². The lowest BCUT2D eigenvalue weighted by Gasteiger charge is -2.24. The number of nitrogens with zero attached hydrogens (tertiary/aromatic N) is 1. The number of likely N-dealkylation sites (tertiary alicyclic amines) is 1. The zero-order valence-electron chi connectivity index (χ0n) is 15.8. The Morgan fingerprint density at radius 1 is 1.23 bits per heavy atom. The third kappa shape index (κ3) is 4.61. The highest BCUT2D eigenvalue weighted by Crippen LogP contribution is 2.34. The van der Waals surface area contributed by atoms with Crippen molar-refractivity contribution in [2.45, 2.75) is 32.0 Å². The van der Waals surface area contributed by atoms with Crippen molar-refractivity contribution in [2.24, 2.45) is 0 Å². The van der Waals surface area contributed by atoms with E-state index in [-0.39, 0.29) is 29.1 Å². The fourth-order valence-corrected chi connectivity index (χ4v) is 3.34. The Hall–Kier alpha value is -3.37. The number of carbonyl (C=O) groups is 3. The first-order chi connectivity index (χ1) is 14.1. The van der Waals surface area contributed by atoms with Crippen LogP contribution in [0.2, 0.25) is 0 Å². The standard InChI is InChI=1S/C19H18F3N3O5/c1-10(26)23-9-16(27)25-6-2-3-14(25)18(29)24-11-4-5-12-13(19(20,21)22)8-17(28)30-15(12)7-11/h4-5,7-8,14H,2-3,6,9H2,1H3,(H,23,26)(H,24,29)/t14-/m0/s1. The number of nitrogens with one attached hydrogen (secondary N) is 2. The molecule has 11 heteroatoms. The second-order valence-corrected chi connectivity index (χ2v) is 6.83. The number of alkyl halides is 3. The highest BCUT2D eigenvalue weighted by Gasteiger charge is 2.35. The number of halogens is 3. The molecule has 0 saturated carbocycles. The van der Waals surface area contributed by atoms with Crippen molar-refractivity contribution in [2.75, 3.05) is 18.4 Å². The summed E-state index contributed by atoms with van der Waals surface area (Å²) in [6, 6.07) is 3.08. The second-order valence-electron chi connectivity index (χ2n) is 6.83. The maximum Gasteiger partial charge on any atom is 0.417 e. The van der Waals surface area contributed by atoms with E-state index in [0.29, 0.717) is 25.5 Å². The van der Waals surface area contributed by atoms with Crippen molar-refractivity contribution >= 4 is 34.4 Å². The van der Waals surface area contributed by atoms with E-state index in [1.807, 2.05) is 0 Å². The van der Waals surface area contributed by atoms with E-state index < -0.39 is 35.2 Å². The number of hydrogen-bond acceptors (Lipinski definition) is 5. The summed E-state index contributed by atoms with van der Waals surface area (Å²) in [6.07, 6.45) is -3.75. The average molecular weight is 425 g/mol. The lowest BCUT2D eigenvalue weighted by atomic mass is 10.1. The Kier molecular flexibility index (Phi) is 5.81. The van der Waals surface area contributed by atoms with Crippen LogP contribution in [0.3, 0.4) is 0 Å². The van der Waals surface area contributed by atoms with E-state index in [9.17, 15) is 32.3 Å². The largest absolute Gasteiger partial charge is 0.423 e. The fraction of sp³-hybridized carbons (Fsp3) is 0.368. The van der Waals surface area contributed by atoms with Crippen LogP contribution >= 0.6 is 0 Å². The Morgan fingerprint density at radius 2 is 1.97 bits per heavy atom. The maximum atomic E-state index is 13.1. The summed E-state index contributed by atoms with van der Waals surface area (Å²) in [7, 11) is 0. The Bertz CT molecular complexity index is 1060. The molecule has 1 aromatic heterocycles. The highest BCUT2D eigenvalue weighted by molar-refractivity contribution is 5.99. The van der Waals surface area contributed by atoms with Gasteiger partial charge in [-0.1, -0.05) is 0 Å². The van der Waals surface area contributed by atoms with Crippen LogP contribution in [0.25, 0.3) is 11.0 Å². The Labute approximate surface area is 168 Å². The molecule has 1 atom stereocenters. The molecule has 0 aliphatic carbocycles. The van der Waals surface area contributed by atoms with Gasteiger partial charge in [0.15, 0.2) is 0 Å². The van der Waals surface area contributed by atoms with Crippen molar-refractivity contribution in [3.05, 3.63) is 40.2 Å². The quantitative estimate of drug-likeness (QED) is 0.728. The molecule has 1 aromatic carbocycles. The molecule has 160 valence electrons. The Morgan fingerprint density at radius 3 is 2.63 bits per heavy atom. The number of hydrogen-bond donors (Lipinski definition) is 2. The maximum absolute atomic E-state index is 13.1. The van der Waals surface area contributed by atoms with Crippen LogP contribution in [0.1, 0.15) is 25.3 Å². The molecule has 0 spiro atoms. The molecule has 1 fully saturated rings. The summed E-state index contributed by atoms with van der Waals surface area (Å²) in [5.74, 6) is -1.32. The van der Waals surface area contributed by atoms with Crippen LogP contribution in [0.4, 0.5) is 18.9 Å². The van der Waals surface area contributed by atoms with E-state index in [0.717, 1.165) is 12.1 Å². The van der Waals surface area contributed by atoms with Crippen molar-refractivity contribution in [1.82, 2.24) is 10.2 Å². The molecule has 0 bridgehead atoms. The number of anilines is 1. The van der Waals surface area contributed by atoms with Gasteiger partial charge in [-0.25, -0.2) is 4.79 Å². The molecule has 3 amide bonds. The van der Waals surface area contributed by atoms with E-state index in [2.05, 4.69) is 10.6 Å². The van der Waals surface area contributed by atoms with Gasteiger partial charge in [0, 0.05) is 36.7 Å². The minimum atomic E-state index is -4.74. The lowest BCUT2D eigenvalue weighted by Crippen LogP contribution is -2.46. The number of benzene rings is 1. The van der Waals surface area contributed by atoms with Crippen LogP contribution in [-0.2, 0) is 20.6 Å². The predicted molar refractivity (Wildman–Crippen MR) is 99.5 cm³/mol.